The summed E-state index contributed by atoms with van der Waals surface area (Å²) < 4.78 is 39.7. The van der Waals surface area contributed by atoms with E-state index in [0.717, 1.165) is 6.26 Å². The smallest absolute Gasteiger partial charge is 0.261 e. The van der Waals surface area contributed by atoms with Gasteiger partial charge in [0.25, 0.3) is 5.91 Å². The molecule has 0 aliphatic heterocycles. The van der Waals surface area contributed by atoms with E-state index in [1.54, 1.807) is 13.0 Å². The Hall–Kier alpha value is -3.70. The lowest BCUT2D eigenvalue weighted by Gasteiger charge is -2.24. The summed E-state index contributed by atoms with van der Waals surface area (Å²) in [6.07, 6.45) is 4.96. The van der Waals surface area contributed by atoms with Gasteiger partial charge in [0.15, 0.2) is 14.9 Å². The number of halogens is 2. The second-order valence-corrected chi connectivity index (χ2v) is 9.85. The number of hydrogen-bond acceptors (Lipinski definition) is 8. The fourth-order valence-corrected chi connectivity index (χ4v) is 4.31. The summed E-state index contributed by atoms with van der Waals surface area (Å²) in [5.74, 6) is -0.730. The van der Waals surface area contributed by atoms with Crippen LogP contribution in [0.3, 0.4) is 0 Å². The second-order valence-electron chi connectivity index (χ2n) is 7.51. The van der Waals surface area contributed by atoms with Gasteiger partial charge in [-0.1, -0.05) is 11.6 Å². The predicted molar refractivity (Wildman–Crippen MR) is 126 cm³/mol. The van der Waals surface area contributed by atoms with Crippen LogP contribution in [0.5, 0.6) is 0 Å². The molecule has 2 N–H and O–H groups in total. The highest BCUT2D eigenvalue weighted by atomic mass is 35.5. The molecule has 0 spiro atoms. The van der Waals surface area contributed by atoms with Crippen molar-refractivity contribution in [2.45, 2.75) is 18.5 Å². The Morgan fingerprint density at radius 1 is 1.18 bits per heavy atom. The number of anilines is 2. The molecule has 3 heterocycles. The van der Waals surface area contributed by atoms with E-state index in [0.29, 0.717) is 11.4 Å². The molecule has 1 amide bonds. The number of carbonyl (C=O) groups excluding carboxylic acids is 1. The summed E-state index contributed by atoms with van der Waals surface area (Å²) in [4.78, 5) is 30.8. The number of amides is 1. The third-order valence-corrected chi connectivity index (χ3v) is 6.25. The van der Waals surface area contributed by atoms with Crippen molar-refractivity contribution in [2.24, 2.45) is 0 Å². The molecule has 1 aromatic carbocycles. The molecule has 4 aromatic rings. The van der Waals surface area contributed by atoms with E-state index in [1.165, 1.54) is 47.8 Å². The maximum atomic E-state index is 14.9. The topological polar surface area (TPSA) is 132 Å². The van der Waals surface area contributed by atoms with Gasteiger partial charge in [0.05, 0.1) is 28.3 Å². The number of nitrogens with two attached hydrogens (primary N) is 1. The van der Waals surface area contributed by atoms with Crippen LogP contribution in [0.2, 0.25) is 5.02 Å². The molecule has 0 atom stereocenters. The first-order valence-electron chi connectivity index (χ1n) is 9.84. The normalized spacial score (nSPS) is 11.5. The van der Waals surface area contributed by atoms with Crippen molar-refractivity contribution in [3.8, 4) is 0 Å². The predicted octanol–water partition coefficient (Wildman–Crippen LogP) is 3.35. The maximum Gasteiger partial charge on any atom is 0.261 e. The first-order valence-corrected chi connectivity index (χ1v) is 12.1. The van der Waals surface area contributed by atoms with Gasteiger partial charge in [0.1, 0.15) is 17.5 Å². The highest BCUT2D eigenvalue weighted by Gasteiger charge is 2.26. The molecule has 0 aliphatic rings. The zero-order valence-electron chi connectivity index (χ0n) is 18.0. The SMILES string of the molecule is Cc1ncc(C(=O)N(Cc2cc(F)c3cc(Cl)c(N)nc3c2)c2cccnc2S(C)(=O)=O)cn1. The molecule has 34 heavy (non-hydrogen) atoms. The number of nitrogen functional groups attached to an aromatic ring is 1. The summed E-state index contributed by atoms with van der Waals surface area (Å²) in [5.41, 5.74) is 6.48. The summed E-state index contributed by atoms with van der Waals surface area (Å²) in [7, 11) is -3.80. The molecule has 0 fully saturated rings. The van der Waals surface area contributed by atoms with Crippen molar-refractivity contribution in [1.29, 1.82) is 0 Å². The van der Waals surface area contributed by atoms with Gasteiger partial charge in [-0.2, -0.15) is 0 Å². The molecule has 0 bridgehead atoms. The molecule has 174 valence electrons. The van der Waals surface area contributed by atoms with Gasteiger partial charge < -0.3 is 10.6 Å². The van der Waals surface area contributed by atoms with Gasteiger partial charge in [-0.15, -0.1) is 0 Å². The van der Waals surface area contributed by atoms with Crippen LogP contribution in [0.1, 0.15) is 21.7 Å². The van der Waals surface area contributed by atoms with Crippen molar-refractivity contribution in [2.75, 3.05) is 16.9 Å². The number of nitrogens with zero attached hydrogens (tertiary/aromatic N) is 5. The third kappa shape index (κ3) is 4.66. The van der Waals surface area contributed by atoms with E-state index in [9.17, 15) is 17.6 Å². The molecule has 9 nitrogen and oxygen atoms in total. The van der Waals surface area contributed by atoms with E-state index < -0.39 is 21.6 Å². The molecule has 3 aromatic heterocycles. The fraction of sp³-hybridized carbons (Fsp3) is 0.136. The summed E-state index contributed by atoms with van der Waals surface area (Å²) in [6, 6.07) is 7.09. The molecular weight excluding hydrogens is 483 g/mol. The Labute approximate surface area is 199 Å². The third-order valence-electron chi connectivity index (χ3n) is 4.93. The van der Waals surface area contributed by atoms with Crippen molar-refractivity contribution in [3.63, 3.8) is 0 Å². The Kier molecular flexibility index (Phi) is 6.15. The van der Waals surface area contributed by atoms with E-state index in [2.05, 4.69) is 19.9 Å². The Morgan fingerprint density at radius 3 is 2.56 bits per heavy atom. The average Bonchev–Trinajstić information content (AvgIpc) is 2.78. The minimum absolute atomic E-state index is 0.0275. The number of fused-ring (bicyclic) bond motifs is 1. The van der Waals surface area contributed by atoms with Gasteiger partial charge >= 0.3 is 0 Å². The Balaban J connectivity index is 1.87. The van der Waals surface area contributed by atoms with Crippen LogP contribution in [0.25, 0.3) is 10.9 Å². The standard InChI is InChI=1S/C22H18ClFN6O3S/c1-12-27-9-14(10-28-12)22(31)30(19-4-3-5-26-21(19)34(2,32)33)11-13-6-17(24)15-8-16(23)20(25)29-18(15)7-13/h3-10H,11H2,1-2H3,(H2,25,29). The van der Waals surface area contributed by atoms with Gasteiger partial charge in [-0.05, 0) is 42.8 Å². The molecule has 0 saturated carbocycles. The van der Waals surface area contributed by atoms with Crippen molar-refractivity contribution in [1.82, 2.24) is 19.9 Å². The van der Waals surface area contributed by atoms with Gasteiger partial charge in [0, 0.05) is 30.2 Å². The van der Waals surface area contributed by atoms with Crippen LogP contribution in [-0.4, -0.2) is 40.5 Å². The zero-order valence-corrected chi connectivity index (χ0v) is 19.6. The molecule has 0 saturated heterocycles. The number of aromatic nitrogens is 4. The number of hydrogen-bond donors (Lipinski definition) is 1. The number of rotatable bonds is 5. The minimum Gasteiger partial charge on any atom is -0.382 e. The van der Waals surface area contributed by atoms with Crippen LogP contribution >= 0.6 is 11.6 Å². The summed E-state index contributed by atoms with van der Waals surface area (Å²) in [6.45, 7) is 1.47. The van der Waals surface area contributed by atoms with Crippen molar-refractivity contribution in [3.05, 3.63) is 76.7 Å². The van der Waals surface area contributed by atoms with Crippen LogP contribution in [-0.2, 0) is 16.4 Å². The van der Waals surface area contributed by atoms with Crippen LogP contribution in [0, 0.1) is 12.7 Å². The molecule has 0 radical (unpaired) electrons. The van der Waals surface area contributed by atoms with Crippen LogP contribution in [0.4, 0.5) is 15.9 Å². The number of aryl methyl sites for hydroxylation is 1. The molecule has 12 heteroatoms. The Morgan fingerprint density at radius 2 is 1.88 bits per heavy atom. The van der Waals surface area contributed by atoms with E-state index >= 15 is 0 Å². The number of pyridine rings is 2. The monoisotopic (exact) mass is 500 g/mol. The second kappa shape index (κ2) is 8.92. The molecule has 4 rings (SSSR count). The highest BCUT2D eigenvalue weighted by Crippen LogP contribution is 2.29. The highest BCUT2D eigenvalue weighted by molar-refractivity contribution is 7.90. The molecule has 0 unspecified atom stereocenters. The number of benzene rings is 1. The van der Waals surface area contributed by atoms with E-state index in [-0.39, 0.29) is 44.6 Å². The van der Waals surface area contributed by atoms with Crippen LogP contribution in [0.15, 0.2) is 53.9 Å². The zero-order chi connectivity index (χ0) is 24.6. The fourth-order valence-electron chi connectivity index (χ4n) is 3.35. The van der Waals surface area contributed by atoms with Crippen LogP contribution < -0.4 is 10.6 Å². The van der Waals surface area contributed by atoms with E-state index in [4.69, 9.17) is 17.3 Å². The lowest BCUT2D eigenvalue weighted by atomic mass is 10.1. The Bertz CT molecular complexity index is 1530. The molecular formula is C22H18ClFN6O3S. The number of carbonyl (C=O) groups is 1. The van der Waals surface area contributed by atoms with Gasteiger partial charge in [-0.25, -0.2) is 32.7 Å². The van der Waals surface area contributed by atoms with E-state index in [1.807, 2.05) is 0 Å². The minimum atomic E-state index is -3.80. The lowest BCUT2D eigenvalue weighted by Crippen LogP contribution is -2.32. The van der Waals surface area contributed by atoms with Crippen molar-refractivity contribution < 1.29 is 17.6 Å². The van der Waals surface area contributed by atoms with Gasteiger partial charge in [-0.3, -0.25) is 4.79 Å². The largest absolute Gasteiger partial charge is 0.382 e. The molecule has 0 aliphatic carbocycles. The first-order chi connectivity index (χ1) is 16.0. The van der Waals surface area contributed by atoms with Gasteiger partial charge in [0.2, 0.25) is 0 Å². The first kappa shape index (κ1) is 23.5. The average molecular weight is 501 g/mol. The quantitative estimate of drug-likeness (QED) is 0.441. The van der Waals surface area contributed by atoms with Crippen molar-refractivity contribution >= 4 is 49.8 Å². The number of sulfone groups is 1. The summed E-state index contributed by atoms with van der Waals surface area (Å²) in [5, 5.41) is -0.0266. The summed E-state index contributed by atoms with van der Waals surface area (Å²) >= 11 is 5.96. The lowest BCUT2D eigenvalue weighted by molar-refractivity contribution is 0.0983. The maximum absolute atomic E-state index is 14.9.